The minimum atomic E-state index is 0.0405. The van der Waals surface area contributed by atoms with E-state index in [1.807, 2.05) is 38.1 Å². The summed E-state index contributed by atoms with van der Waals surface area (Å²) in [5.74, 6) is 0.337. The number of aryl methyl sites for hydroxylation is 2. The Labute approximate surface area is 122 Å². The van der Waals surface area contributed by atoms with Gasteiger partial charge in [0, 0.05) is 15.7 Å². The molecule has 0 heterocycles. The predicted molar refractivity (Wildman–Crippen MR) is 83.8 cm³/mol. The lowest BCUT2D eigenvalue weighted by atomic mass is 10.0. The van der Waals surface area contributed by atoms with Crippen LogP contribution in [0.25, 0.3) is 0 Å². The highest BCUT2D eigenvalue weighted by Crippen LogP contribution is 2.32. The third kappa shape index (κ3) is 3.10. The van der Waals surface area contributed by atoms with E-state index in [1.54, 1.807) is 6.07 Å². The van der Waals surface area contributed by atoms with Gasteiger partial charge in [-0.3, -0.25) is 0 Å². The van der Waals surface area contributed by atoms with Crippen LogP contribution in [0.15, 0.2) is 40.9 Å². The lowest BCUT2D eigenvalue weighted by molar-refractivity contribution is 0.465. The molecule has 0 spiro atoms. The average molecular weight is 320 g/mol. The summed E-state index contributed by atoms with van der Waals surface area (Å²) in [4.78, 5) is 0. The van der Waals surface area contributed by atoms with Gasteiger partial charge < -0.3 is 10.4 Å². The van der Waals surface area contributed by atoms with E-state index in [9.17, 15) is 5.11 Å². The maximum atomic E-state index is 10.0. The Morgan fingerprint density at radius 3 is 2.58 bits per heavy atom. The summed E-state index contributed by atoms with van der Waals surface area (Å²) < 4.78 is 1.06. The first-order valence-electron chi connectivity index (χ1n) is 6.30. The fourth-order valence-electron chi connectivity index (χ4n) is 2.09. The second-order valence-electron chi connectivity index (χ2n) is 4.86. The van der Waals surface area contributed by atoms with Crippen LogP contribution in [0.1, 0.15) is 29.7 Å². The molecule has 0 aromatic heterocycles. The quantitative estimate of drug-likeness (QED) is 0.839. The molecule has 1 atom stereocenters. The molecule has 0 aliphatic heterocycles. The fraction of sp³-hybridized carbons (Fsp3) is 0.250. The molecular weight excluding hydrogens is 302 g/mol. The molecule has 2 rings (SSSR count). The molecule has 0 aliphatic carbocycles. The summed E-state index contributed by atoms with van der Waals surface area (Å²) in [5.41, 5.74) is 4.18. The first kappa shape index (κ1) is 13.9. The zero-order valence-corrected chi connectivity index (χ0v) is 13.0. The second-order valence-corrected chi connectivity index (χ2v) is 5.66. The Hall–Kier alpha value is -1.48. The van der Waals surface area contributed by atoms with Crippen LogP contribution < -0.4 is 5.32 Å². The first-order chi connectivity index (χ1) is 8.99. The number of hydrogen-bond donors (Lipinski definition) is 2. The van der Waals surface area contributed by atoms with Crippen LogP contribution in [0.5, 0.6) is 5.75 Å². The van der Waals surface area contributed by atoms with Crippen molar-refractivity contribution in [3.8, 4) is 5.75 Å². The van der Waals surface area contributed by atoms with Gasteiger partial charge in [-0.15, -0.1) is 0 Å². The Kier molecular flexibility index (Phi) is 4.15. The lowest BCUT2D eigenvalue weighted by Gasteiger charge is -2.19. The van der Waals surface area contributed by atoms with E-state index in [1.165, 1.54) is 5.56 Å². The standard InChI is InChI=1S/C16H18BrNO/c1-10-7-8-13(15(19)9-10)12(3)18-14-6-4-5-11(2)16(14)17/h4-9,12,18-19H,1-3H3. The molecule has 100 valence electrons. The van der Waals surface area contributed by atoms with Crippen molar-refractivity contribution < 1.29 is 5.11 Å². The largest absolute Gasteiger partial charge is 0.508 e. The number of nitrogens with one attached hydrogen (secondary N) is 1. The molecule has 0 radical (unpaired) electrons. The lowest BCUT2D eigenvalue weighted by Crippen LogP contribution is -2.07. The summed E-state index contributed by atoms with van der Waals surface area (Å²) >= 11 is 3.59. The summed E-state index contributed by atoms with van der Waals surface area (Å²) in [6.07, 6.45) is 0. The zero-order valence-electron chi connectivity index (χ0n) is 11.4. The molecule has 2 N–H and O–H groups in total. The Bertz CT molecular complexity index is 595. The summed E-state index contributed by atoms with van der Waals surface area (Å²) in [6.45, 7) is 6.07. The number of aromatic hydroxyl groups is 1. The zero-order chi connectivity index (χ0) is 14.0. The van der Waals surface area contributed by atoms with E-state index >= 15 is 0 Å². The number of halogens is 1. The Morgan fingerprint density at radius 1 is 1.16 bits per heavy atom. The number of rotatable bonds is 3. The van der Waals surface area contributed by atoms with E-state index in [-0.39, 0.29) is 6.04 Å². The van der Waals surface area contributed by atoms with Crippen molar-refractivity contribution in [3.63, 3.8) is 0 Å². The molecule has 0 fully saturated rings. The molecule has 2 aromatic rings. The fourth-order valence-corrected chi connectivity index (χ4v) is 2.47. The molecule has 0 saturated heterocycles. The minimum absolute atomic E-state index is 0.0405. The van der Waals surface area contributed by atoms with Gasteiger partial charge in [0.05, 0.1) is 6.04 Å². The van der Waals surface area contributed by atoms with Crippen molar-refractivity contribution in [1.82, 2.24) is 0 Å². The van der Waals surface area contributed by atoms with E-state index in [4.69, 9.17) is 0 Å². The van der Waals surface area contributed by atoms with E-state index < -0.39 is 0 Å². The van der Waals surface area contributed by atoms with Crippen molar-refractivity contribution in [2.24, 2.45) is 0 Å². The summed E-state index contributed by atoms with van der Waals surface area (Å²) in [7, 11) is 0. The van der Waals surface area contributed by atoms with Crippen LogP contribution in [0.4, 0.5) is 5.69 Å². The molecular formula is C16H18BrNO. The molecule has 2 aromatic carbocycles. The molecule has 3 heteroatoms. The maximum Gasteiger partial charge on any atom is 0.121 e. The molecule has 0 aliphatic rings. The van der Waals surface area contributed by atoms with Crippen LogP contribution in [0.2, 0.25) is 0 Å². The highest BCUT2D eigenvalue weighted by atomic mass is 79.9. The third-order valence-electron chi connectivity index (χ3n) is 3.22. The van der Waals surface area contributed by atoms with Gasteiger partial charge in [0.2, 0.25) is 0 Å². The number of hydrogen-bond acceptors (Lipinski definition) is 2. The maximum absolute atomic E-state index is 10.0. The SMILES string of the molecule is Cc1ccc(C(C)Nc2cccc(C)c2Br)c(O)c1. The molecule has 0 amide bonds. The van der Waals surface area contributed by atoms with Gasteiger partial charge in [0.25, 0.3) is 0 Å². The minimum Gasteiger partial charge on any atom is -0.508 e. The molecule has 1 unspecified atom stereocenters. The van der Waals surface area contributed by atoms with Gasteiger partial charge in [-0.05, 0) is 60.0 Å². The van der Waals surface area contributed by atoms with E-state index in [0.29, 0.717) is 5.75 Å². The number of benzene rings is 2. The normalized spacial score (nSPS) is 12.2. The molecule has 0 saturated carbocycles. The molecule has 0 bridgehead atoms. The Morgan fingerprint density at radius 2 is 1.89 bits per heavy atom. The van der Waals surface area contributed by atoms with Gasteiger partial charge in [-0.2, -0.15) is 0 Å². The van der Waals surface area contributed by atoms with Gasteiger partial charge in [0.1, 0.15) is 5.75 Å². The highest BCUT2D eigenvalue weighted by Gasteiger charge is 2.12. The average Bonchev–Trinajstić information content (AvgIpc) is 2.34. The second kappa shape index (κ2) is 5.66. The van der Waals surface area contributed by atoms with Crippen LogP contribution in [-0.2, 0) is 0 Å². The molecule has 2 nitrogen and oxygen atoms in total. The first-order valence-corrected chi connectivity index (χ1v) is 7.09. The number of anilines is 1. The number of phenolic OH excluding ortho intramolecular Hbond substituents is 1. The van der Waals surface area contributed by atoms with Gasteiger partial charge >= 0.3 is 0 Å². The smallest absolute Gasteiger partial charge is 0.121 e. The van der Waals surface area contributed by atoms with Crippen molar-refractivity contribution in [2.45, 2.75) is 26.8 Å². The summed E-state index contributed by atoms with van der Waals surface area (Å²) in [6, 6.07) is 11.9. The Balaban J connectivity index is 2.25. The van der Waals surface area contributed by atoms with Crippen molar-refractivity contribution >= 4 is 21.6 Å². The van der Waals surface area contributed by atoms with Crippen LogP contribution >= 0.6 is 15.9 Å². The van der Waals surface area contributed by atoms with Crippen molar-refractivity contribution in [2.75, 3.05) is 5.32 Å². The van der Waals surface area contributed by atoms with Crippen molar-refractivity contribution in [3.05, 3.63) is 57.6 Å². The highest BCUT2D eigenvalue weighted by molar-refractivity contribution is 9.10. The predicted octanol–water partition coefficient (Wildman–Crippen LogP) is 4.94. The van der Waals surface area contributed by atoms with Gasteiger partial charge in [-0.1, -0.05) is 24.3 Å². The van der Waals surface area contributed by atoms with Gasteiger partial charge in [0.15, 0.2) is 0 Å². The third-order valence-corrected chi connectivity index (χ3v) is 4.27. The van der Waals surface area contributed by atoms with E-state index in [0.717, 1.165) is 21.3 Å². The van der Waals surface area contributed by atoms with Crippen LogP contribution in [0.3, 0.4) is 0 Å². The topological polar surface area (TPSA) is 32.3 Å². The van der Waals surface area contributed by atoms with Crippen LogP contribution in [0, 0.1) is 13.8 Å². The molecule has 19 heavy (non-hydrogen) atoms. The summed E-state index contributed by atoms with van der Waals surface area (Å²) in [5, 5.41) is 13.4. The number of phenols is 1. The van der Waals surface area contributed by atoms with Crippen LogP contribution in [-0.4, -0.2) is 5.11 Å². The van der Waals surface area contributed by atoms with E-state index in [2.05, 4.69) is 34.2 Å². The van der Waals surface area contributed by atoms with Gasteiger partial charge in [-0.25, -0.2) is 0 Å². The monoisotopic (exact) mass is 319 g/mol. The van der Waals surface area contributed by atoms with Crippen molar-refractivity contribution in [1.29, 1.82) is 0 Å².